The van der Waals surface area contributed by atoms with Crippen molar-refractivity contribution in [2.45, 2.75) is 32.1 Å². The molecule has 3 aromatic rings. The molecule has 0 fully saturated rings. The Kier molecular flexibility index (Phi) is 4.09. The average molecular weight is 376 g/mol. The lowest BCUT2D eigenvalue weighted by Gasteiger charge is -2.21. The quantitative estimate of drug-likeness (QED) is 0.667. The third kappa shape index (κ3) is 2.88. The Morgan fingerprint density at radius 3 is 2.67 bits per heavy atom. The lowest BCUT2D eigenvalue weighted by molar-refractivity contribution is 0.708. The second-order valence-electron chi connectivity index (χ2n) is 6.94. The van der Waals surface area contributed by atoms with Crippen molar-refractivity contribution in [3.8, 4) is 22.5 Å². The molecule has 0 bridgehead atoms. The van der Waals surface area contributed by atoms with Crippen molar-refractivity contribution >= 4 is 17.2 Å². The van der Waals surface area contributed by atoms with Crippen LogP contribution in [0.3, 0.4) is 0 Å². The van der Waals surface area contributed by atoms with Crippen molar-refractivity contribution in [2.75, 3.05) is 0 Å². The molecule has 0 aliphatic heterocycles. The van der Waals surface area contributed by atoms with E-state index in [9.17, 15) is 0 Å². The first-order valence-electron chi connectivity index (χ1n) is 9.26. The van der Waals surface area contributed by atoms with Crippen LogP contribution in [-0.4, -0.2) is 25.6 Å². The zero-order chi connectivity index (χ0) is 18.2. The molecule has 0 atom stereocenters. The number of fused-ring (bicyclic) bond motifs is 1. The molecular formula is C21H18ClN5. The monoisotopic (exact) mass is 375 g/mol. The summed E-state index contributed by atoms with van der Waals surface area (Å²) in [5, 5.41) is 15.5. The first-order valence-corrected chi connectivity index (χ1v) is 9.63. The summed E-state index contributed by atoms with van der Waals surface area (Å²) >= 11 is 6.34. The molecule has 2 heterocycles. The Morgan fingerprint density at radius 2 is 1.93 bits per heavy atom. The van der Waals surface area contributed by atoms with E-state index in [0.29, 0.717) is 5.82 Å². The molecule has 6 heteroatoms. The molecule has 27 heavy (non-hydrogen) atoms. The molecule has 0 saturated carbocycles. The fraction of sp³-hybridized carbons (Fsp3) is 0.238. The van der Waals surface area contributed by atoms with Gasteiger partial charge >= 0.3 is 0 Å². The molecule has 5 nitrogen and oxygen atoms in total. The molecule has 134 valence electrons. The molecule has 2 aliphatic carbocycles. The molecule has 2 aliphatic rings. The Hall–Kier alpha value is -2.79. The third-order valence-corrected chi connectivity index (χ3v) is 5.48. The average Bonchev–Trinajstić information content (AvgIpc) is 3.05. The van der Waals surface area contributed by atoms with Crippen LogP contribution in [0.15, 0.2) is 42.5 Å². The first-order chi connectivity index (χ1) is 13.3. The number of halogens is 1. The van der Waals surface area contributed by atoms with Gasteiger partial charge in [0.2, 0.25) is 0 Å². The van der Waals surface area contributed by atoms with Gasteiger partial charge in [0.25, 0.3) is 0 Å². The normalized spacial score (nSPS) is 15.7. The summed E-state index contributed by atoms with van der Waals surface area (Å²) in [7, 11) is 0. The number of nitrogens with one attached hydrogen (secondary N) is 1. The van der Waals surface area contributed by atoms with Crippen LogP contribution in [0.25, 0.3) is 28.1 Å². The zero-order valence-electron chi connectivity index (χ0n) is 14.7. The number of allylic oxidation sites excluding steroid dienone is 4. The number of aryl methyl sites for hydroxylation is 1. The predicted octanol–water partition coefficient (Wildman–Crippen LogP) is 4.80. The zero-order valence-corrected chi connectivity index (χ0v) is 15.5. The molecule has 0 radical (unpaired) electrons. The predicted molar refractivity (Wildman–Crippen MR) is 106 cm³/mol. The summed E-state index contributed by atoms with van der Waals surface area (Å²) in [6.07, 6.45) is 11.8. The summed E-state index contributed by atoms with van der Waals surface area (Å²) in [5.41, 5.74) is 7.73. The van der Waals surface area contributed by atoms with Gasteiger partial charge in [0.05, 0.1) is 11.3 Å². The van der Waals surface area contributed by atoms with Gasteiger partial charge in [-0.2, -0.15) is 0 Å². The number of aromatic amines is 1. The summed E-state index contributed by atoms with van der Waals surface area (Å²) in [4.78, 5) is 5.09. The molecule has 0 amide bonds. The Balaban J connectivity index is 1.87. The maximum absolute atomic E-state index is 6.34. The van der Waals surface area contributed by atoms with Gasteiger partial charge in [0.15, 0.2) is 5.82 Å². The van der Waals surface area contributed by atoms with E-state index in [1.165, 1.54) is 24.1 Å². The van der Waals surface area contributed by atoms with Crippen LogP contribution in [0, 0.1) is 0 Å². The molecule has 1 N–H and O–H groups in total. The van der Waals surface area contributed by atoms with Crippen LogP contribution in [0.4, 0.5) is 0 Å². The van der Waals surface area contributed by atoms with Gasteiger partial charge in [0, 0.05) is 16.3 Å². The van der Waals surface area contributed by atoms with Crippen LogP contribution in [-0.2, 0) is 12.8 Å². The minimum Gasteiger partial charge on any atom is -0.252 e. The highest BCUT2D eigenvalue weighted by Gasteiger charge is 2.26. The van der Waals surface area contributed by atoms with Gasteiger partial charge in [-0.25, -0.2) is 5.10 Å². The number of tetrazole rings is 1. The fourth-order valence-electron chi connectivity index (χ4n) is 3.94. The number of hydrogen-bond acceptors (Lipinski definition) is 4. The van der Waals surface area contributed by atoms with Crippen LogP contribution in [0.5, 0.6) is 0 Å². The van der Waals surface area contributed by atoms with E-state index in [2.05, 4.69) is 38.8 Å². The summed E-state index contributed by atoms with van der Waals surface area (Å²) in [5.74, 6) is 0.640. The van der Waals surface area contributed by atoms with Crippen molar-refractivity contribution in [1.29, 1.82) is 0 Å². The number of aromatic nitrogens is 5. The smallest absolute Gasteiger partial charge is 0.182 e. The van der Waals surface area contributed by atoms with E-state index in [1.54, 1.807) is 0 Å². The Bertz CT molecular complexity index is 1070. The molecule has 0 spiro atoms. The lowest BCUT2D eigenvalue weighted by atomic mass is 9.87. The van der Waals surface area contributed by atoms with Crippen LogP contribution in [0.1, 0.15) is 36.2 Å². The highest BCUT2D eigenvalue weighted by Crippen LogP contribution is 2.42. The first kappa shape index (κ1) is 16.4. The molecule has 5 rings (SSSR count). The highest BCUT2D eigenvalue weighted by molar-refractivity contribution is 6.30. The van der Waals surface area contributed by atoms with Gasteiger partial charge in [-0.15, -0.1) is 5.10 Å². The molecule has 0 unspecified atom stereocenters. The summed E-state index contributed by atoms with van der Waals surface area (Å²) in [6, 6.07) is 8.02. The van der Waals surface area contributed by atoms with Gasteiger partial charge in [0.1, 0.15) is 0 Å². The molecule has 0 saturated heterocycles. The maximum atomic E-state index is 6.34. The SMILES string of the molecule is Clc1cccc(-c2c3c(nc(C4=CC=C4)c2-c2nnn[nH]2)CCCCC3)c1. The van der Waals surface area contributed by atoms with Crippen molar-refractivity contribution in [1.82, 2.24) is 25.6 Å². The van der Waals surface area contributed by atoms with Crippen LogP contribution >= 0.6 is 11.6 Å². The maximum Gasteiger partial charge on any atom is 0.182 e. The molecular weight excluding hydrogens is 358 g/mol. The van der Waals surface area contributed by atoms with Crippen LogP contribution < -0.4 is 0 Å². The molecule has 1 aromatic carbocycles. The van der Waals surface area contributed by atoms with Gasteiger partial charge in [-0.1, -0.05) is 48.4 Å². The number of benzene rings is 1. The number of pyridine rings is 1. The number of H-pyrrole nitrogens is 1. The topological polar surface area (TPSA) is 67.3 Å². The van der Waals surface area contributed by atoms with E-state index < -0.39 is 0 Å². The lowest BCUT2D eigenvalue weighted by Crippen LogP contribution is -2.08. The Labute approximate surface area is 162 Å². The van der Waals surface area contributed by atoms with E-state index in [1.807, 2.05) is 24.3 Å². The standard InChI is InChI=1S/C21H18ClN5/c22-15-9-5-8-14(12-15)18-16-10-2-1-3-11-17(16)23-20(13-6-4-7-13)19(18)21-24-26-27-25-21/h4-9,12H,1-3,10-11H2,(H,24,25,26,27). The number of hydrogen-bond donors (Lipinski definition) is 1. The van der Waals surface area contributed by atoms with E-state index in [-0.39, 0.29) is 0 Å². The molecule has 2 aromatic heterocycles. The van der Waals surface area contributed by atoms with Gasteiger partial charge < -0.3 is 0 Å². The van der Waals surface area contributed by atoms with Crippen molar-refractivity contribution in [3.05, 3.63) is 64.5 Å². The number of rotatable bonds is 3. The second-order valence-corrected chi connectivity index (χ2v) is 7.37. The van der Waals surface area contributed by atoms with Crippen molar-refractivity contribution < 1.29 is 0 Å². The van der Waals surface area contributed by atoms with Gasteiger partial charge in [-0.05, 0) is 64.9 Å². The highest BCUT2D eigenvalue weighted by atomic mass is 35.5. The second kappa shape index (κ2) is 6.74. The minimum atomic E-state index is 0.640. The van der Waals surface area contributed by atoms with Crippen molar-refractivity contribution in [2.24, 2.45) is 0 Å². The third-order valence-electron chi connectivity index (χ3n) is 5.24. The Morgan fingerprint density at radius 1 is 1.04 bits per heavy atom. The van der Waals surface area contributed by atoms with Crippen LogP contribution in [0.2, 0.25) is 5.02 Å². The van der Waals surface area contributed by atoms with E-state index >= 15 is 0 Å². The van der Waals surface area contributed by atoms with Crippen molar-refractivity contribution in [3.63, 3.8) is 0 Å². The van der Waals surface area contributed by atoms with E-state index in [4.69, 9.17) is 16.6 Å². The number of nitrogens with zero attached hydrogens (tertiary/aromatic N) is 4. The summed E-state index contributed by atoms with van der Waals surface area (Å²) < 4.78 is 0. The fourth-order valence-corrected chi connectivity index (χ4v) is 4.13. The van der Waals surface area contributed by atoms with E-state index in [0.717, 1.165) is 52.2 Å². The summed E-state index contributed by atoms with van der Waals surface area (Å²) in [6.45, 7) is 0. The minimum absolute atomic E-state index is 0.640. The largest absolute Gasteiger partial charge is 0.252 e. The van der Waals surface area contributed by atoms with Gasteiger partial charge in [-0.3, -0.25) is 4.98 Å².